The van der Waals surface area contributed by atoms with E-state index >= 15 is 0 Å². The number of hydrogen-bond donors (Lipinski definition) is 3. The van der Waals surface area contributed by atoms with Gasteiger partial charge in [-0.1, -0.05) is 0 Å². The van der Waals surface area contributed by atoms with Crippen molar-refractivity contribution < 1.29 is 19.4 Å². The van der Waals surface area contributed by atoms with Crippen LogP contribution in [-0.2, 0) is 9.47 Å². The largest absolute Gasteiger partial charge is 0.394 e. The van der Waals surface area contributed by atoms with Crippen LogP contribution in [0.3, 0.4) is 0 Å². The molecule has 2 amide bonds. The molecular formula is C9H20N2O4. The molecule has 0 aliphatic carbocycles. The van der Waals surface area contributed by atoms with Crippen LogP contribution in [-0.4, -0.2) is 57.3 Å². The lowest BCUT2D eigenvalue weighted by molar-refractivity contribution is 0.0344. The van der Waals surface area contributed by atoms with Gasteiger partial charge in [0.2, 0.25) is 0 Å². The van der Waals surface area contributed by atoms with Gasteiger partial charge in [-0.15, -0.1) is 0 Å². The summed E-state index contributed by atoms with van der Waals surface area (Å²) >= 11 is 0. The Morgan fingerprint density at radius 2 is 1.80 bits per heavy atom. The van der Waals surface area contributed by atoms with E-state index in [0.717, 1.165) is 0 Å². The zero-order valence-corrected chi connectivity index (χ0v) is 9.12. The summed E-state index contributed by atoms with van der Waals surface area (Å²) in [6.07, 6.45) is 0. The third-order valence-corrected chi connectivity index (χ3v) is 1.48. The fourth-order valence-corrected chi connectivity index (χ4v) is 0.846. The highest BCUT2D eigenvalue weighted by atomic mass is 16.5. The van der Waals surface area contributed by atoms with E-state index in [0.29, 0.717) is 39.5 Å². The summed E-state index contributed by atoms with van der Waals surface area (Å²) in [5, 5.41) is 13.6. The molecular weight excluding hydrogens is 200 g/mol. The average molecular weight is 220 g/mol. The van der Waals surface area contributed by atoms with Crippen molar-refractivity contribution in [1.82, 2.24) is 10.6 Å². The molecule has 0 radical (unpaired) electrons. The van der Waals surface area contributed by atoms with E-state index in [9.17, 15) is 4.79 Å². The van der Waals surface area contributed by atoms with Crippen molar-refractivity contribution in [3.8, 4) is 0 Å². The summed E-state index contributed by atoms with van der Waals surface area (Å²) in [5.74, 6) is 0. The number of ether oxygens (including phenoxy) is 2. The molecule has 0 saturated carbocycles. The van der Waals surface area contributed by atoms with Crippen molar-refractivity contribution in [1.29, 1.82) is 0 Å². The number of nitrogens with one attached hydrogen (secondary N) is 2. The van der Waals surface area contributed by atoms with Gasteiger partial charge in [-0.05, 0) is 6.92 Å². The van der Waals surface area contributed by atoms with Crippen molar-refractivity contribution >= 4 is 6.03 Å². The second-order valence-corrected chi connectivity index (χ2v) is 2.73. The Morgan fingerprint density at radius 3 is 2.40 bits per heavy atom. The van der Waals surface area contributed by atoms with Gasteiger partial charge in [0.1, 0.15) is 0 Å². The molecule has 0 saturated heterocycles. The highest BCUT2D eigenvalue weighted by molar-refractivity contribution is 5.73. The Kier molecular flexibility index (Phi) is 10.6. The van der Waals surface area contributed by atoms with Crippen LogP contribution in [0.2, 0.25) is 0 Å². The molecule has 0 aliphatic heterocycles. The highest BCUT2D eigenvalue weighted by Crippen LogP contribution is 1.77. The molecule has 0 aromatic rings. The lowest BCUT2D eigenvalue weighted by Gasteiger charge is -2.06. The normalized spacial score (nSPS) is 10.0. The van der Waals surface area contributed by atoms with Gasteiger partial charge in [0, 0.05) is 13.1 Å². The summed E-state index contributed by atoms with van der Waals surface area (Å²) in [5.41, 5.74) is 0. The monoisotopic (exact) mass is 220 g/mol. The summed E-state index contributed by atoms with van der Waals surface area (Å²) < 4.78 is 10.1. The fourth-order valence-electron chi connectivity index (χ4n) is 0.846. The van der Waals surface area contributed by atoms with Gasteiger partial charge >= 0.3 is 6.03 Å². The quantitative estimate of drug-likeness (QED) is 0.450. The number of carbonyl (C=O) groups is 1. The van der Waals surface area contributed by atoms with Crippen molar-refractivity contribution in [2.45, 2.75) is 6.92 Å². The average Bonchev–Trinajstić information content (AvgIpc) is 2.22. The first-order valence-electron chi connectivity index (χ1n) is 5.09. The Morgan fingerprint density at radius 1 is 1.13 bits per heavy atom. The first kappa shape index (κ1) is 14.2. The van der Waals surface area contributed by atoms with Gasteiger partial charge in [0.05, 0.1) is 33.0 Å². The van der Waals surface area contributed by atoms with Gasteiger partial charge in [-0.3, -0.25) is 0 Å². The lowest BCUT2D eigenvalue weighted by atomic mass is 10.6. The number of amides is 2. The van der Waals surface area contributed by atoms with Gasteiger partial charge in [0.25, 0.3) is 0 Å². The molecule has 0 bridgehead atoms. The van der Waals surface area contributed by atoms with E-state index in [1.807, 2.05) is 6.92 Å². The molecule has 3 N–H and O–H groups in total. The molecule has 90 valence electrons. The second-order valence-electron chi connectivity index (χ2n) is 2.73. The van der Waals surface area contributed by atoms with E-state index in [-0.39, 0.29) is 12.6 Å². The van der Waals surface area contributed by atoms with Crippen LogP contribution in [0.4, 0.5) is 4.79 Å². The molecule has 0 aromatic heterocycles. The van der Waals surface area contributed by atoms with Crippen LogP contribution in [0, 0.1) is 0 Å². The molecule has 0 atom stereocenters. The lowest BCUT2D eigenvalue weighted by Crippen LogP contribution is -2.37. The third kappa shape index (κ3) is 11.1. The number of aliphatic hydroxyl groups excluding tert-OH is 1. The predicted octanol–water partition coefficient (Wildman–Crippen LogP) is -0.669. The standard InChI is InChI=1S/C9H20N2O4/c1-2-10-9(13)11-3-5-14-7-8-15-6-4-12/h12H,2-8H2,1H3,(H2,10,11,13). The molecule has 0 spiro atoms. The third-order valence-electron chi connectivity index (χ3n) is 1.48. The maximum absolute atomic E-state index is 10.9. The first-order chi connectivity index (χ1) is 7.31. The number of carbonyl (C=O) groups excluding carboxylic acids is 1. The molecule has 15 heavy (non-hydrogen) atoms. The molecule has 0 rings (SSSR count). The van der Waals surface area contributed by atoms with Gasteiger partial charge < -0.3 is 25.2 Å². The predicted molar refractivity (Wildman–Crippen MR) is 55.8 cm³/mol. The maximum Gasteiger partial charge on any atom is 0.314 e. The number of aliphatic hydroxyl groups is 1. The SMILES string of the molecule is CCNC(=O)NCCOCCOCCO. The van der Waals surface area contributed by atoms with E-state index in [1.165, 1.54) is 0 Å². The highest BCUT2D eigenvalue weighted by Gasteiger charge is 1.95. The second kappa shape index (κ2) is 11.2. The van der Waals surface area contributed by atoms with Crippen molar-refractivity contribution in [2.75, 3.05) is 46.1 Å². The van der Waals surface area contributed by atoms with Crippen LogP contribution in [0.1, 0.15) is 6.92 Å². The Balaban J connectivity index is 3.01. The summed E-state index contributed by atoms with van der Waals surface area (Å²) in [6.45, 7) is 4.69. The minimum atomic E-state index is -0.183. The molecule has 6 nitrogen and oxygen atoms in total. The summed E-state index contributed by atoms with van der Waals surface area (Å²) in [7, 11) is 0. The van der Waals surface area contributed by atoms with Crippen molar-refractivity contribution in [3.05, 3.63) is 0 Å². The minimum absolute atomic E-state index is 0.0265. The number of urea groups is 1. The van der Waals surface area contributed by atoms with E-state index < -0.39 is 0 Å². The molecule has 0 aliphatic rings. The molecule has 0 heterocycles. The maximum atomic E-state index is 10.9. The Hall–Kier alpha value is -0.850. The Bertz CT molecular complexity index is 155. The minimum Gasteiger partial charge on any atom is -0.394 e. The first-order valence-corrected chi connectivity index (χ1v) is 5.09. The van der Waals surface area contributed by atoms with Crippen molar-refractivity contribution in [2.24, 2.45) is 0 Å². The molecule has 0 aromatic carbocycles. The zero-order valence-electron chi connectivity index (χ0n) is 9.12. The van der Waals surface area contributed by atoms with Gasteiger partial charge in [0.15, 0.2) is 0 Å². The summed E-state index contributed by atoms with van der Waals surface area (Å²) in [4.78, 5) is 10.9. The number of rotatable bonds is 9. The smallest absolute Gasteiger partial charge is 0.314 e. The number of hydrogen-bond acceptors (Lipinski definition) is 4. The fraction of sp³-hybridized carbons (Fsp3) is 0.889. The topological polar surface area (TPSA) is 79.8 Å². The van der Waals surface area contributed by atoms with Crippen LogP contribution < -0.4 is 10.6 Å². The molecule has 0 fully saturated rings. The molecule has 0 unspecified atom stereocenters. The molecule has 6 heteroatoms. The van der Waals surface area contributed by atoms with Gasteiger partial charge in [-0.25, -0.2) is 4.79 Å². The zero-order chi connectivity index (χ0) is 11.4. The van der Waals surface area contributed by atoms with Crippen LogP contribution >= 0.6 is 0 Å². The van der Waals surface area contributed by atoms with Crippen LogP contribution in [0.15, 0.2) is 0 Å². The van der Waals surface area contributed by atoms with Crippen LogP contribution in [0.5, 0.6) is 0 Å². The Labute approximate surface area is 89.9 Å². The van der Waals surface area contributed by atoms with Crippen LogP contribution in [0.25, 0.3) is 0 Å². The van der Waals surface area contributed by atoms with E-state index in [1.54, 1.807) is 0 Å². The van der Waals surface area contributed by atoms with Crippen molar-refractivity contribution in [3.63, 3.8) is 0 Å². The van der Waals surface area contributed by atoms with E-state index in [2.05, 4.69) is 10.6 Å². The van der Waals surface area contributed by atoms with Gasteiger partial charge in [-0.2, -0.15) is 0 Å². The van der Waals surface area contributed by atoms with E-state index in [4.69, 9.17) is 14.6 Å². The summed E-state index contributed by atoms with van der Waals surface area (Å²) in [6, 6.07) is -0.183.